The fourth-order valence-corrected chi connectivity index (χ4v) is 3.86. The molecule has 0 fully saturated rings. The molecular formula is C24H29N3O7. The summed E-state index contributed by atoms with van der Waals surface area (Å²) < 4.78 is 23.5. The van der Waals surface area contributed by atoms with E-state index < -0.39 is 11.5 Å². The van der Waals surface area contributed by atoms with Crippen LogP contribution in [0.1, 0.15) is 35.6 Å². The molecule has 10 nitrogen and oxygen atoms in total. The van der Waals surface area contributed by atoms with Crippen molar-refractivity contribution in [3.8, 4) is 23.0 Å². The van der Waals surface area contributed by atoms with Gasteiger partial charge in [-0.25, -0.2) is 9.78 Å². The molecule has 182 valence electrons. The lowest BCUT2D eigenvalue weighted by Gasteiger charge is -2.22. The average Bonchev–Trinajstić information content (AvgIpc) is 3.33. The number of nitrogens with zero attached hydrogens (tertiary/aromatic N) is 2. The summed E-state index contributed by atoms with van der Waals surface area (Å²) in [5.74, 6) is -0.141. The zero-order chi connectivity index (χ0) is 24.7. The van der Waals surface area contributed by atoms with E-state index in [2.05, 4.69) is 10.3 Å². The second-order valence-electron chi connectivity index (χ2n) is 7.63. The fraction of sp³-hybridized carbons (Fsp3) is 0.375. The van der Waals surface area contributed by atoms with Crippen molar-refractivity contribution in [1.82, 2.24) is 14.9 Å². The maximum Gasteiger partial charge on any atom is 0.343 e. The van der Waals surface area contributed by atoms with Gasteiger partial charge in [0.2, 0.25) is 11.7 Å². The normalized spacial score (nSPS) is 11.6. The van der Waals surface area contributed by atoms with E-state index >= 15 is 0 Å². The molecule has 0 saturated heterocycles. The average molecular weight is 472 g/mol. The maximum atomic E-state index is 12.9. The molecule has 0 bridgehead atoms. The predicted molar refractivity (Wildman–Crippen MR) is 124 cm³/mol. The summed E-state index contributed by atoms with van der Waals surface area (Å²) >= 11 is 0. The Labute approximate surface area is 197 Å². The van der Waals surface area contributed by atoms with E-state index in [1.165, 1.54) is 27.4 Å². The Kier molecular flexibility index (Phi) is 8.18. The number of methoxy groups -OCH3 is 3. The quantitative estimate of drug-likeness (QED) is 0.409. The van der Waals surface area contributed by atoms with Crippen molar-refractivity contribution in [1.29, 1.82) is 0 Å². The monoisotopic (exact) mass is 471 g/mol. The molecule has 1 atom stereocenters. The predicted octanol–water partition coefficient (Wildman–Crippen LogP) is 2.60. The molecule has 2 aromatic heterocycles. The van der Waals surface area contributed by atoms with Gasteiger partial charge in [-0.05, 0) is 19.4 Å². The summed E-state index contributed by atoms with van der Waals surface area (Å²) in [4.78, 5) is 29.6. The number of hydrogen-bond acceptors (Lipinski definition) is 8. The summed E-state index contributed by atoms with van der Waals surface area (Å²) in [7, 11) is 4.40. The summed E-state index contributed by atoms with van der Waals surface area (Å²) in [6, 6.07) is 4.68. The van der Waals surface area contributed by atoms with Crippen molar-refractivity contribution in [2.45, 2.75) is 32.2 Å². The molecule has 0 aliphatic carbocycles. The van der Waals surface area contributed by atoms with Crippen molar-refractivity contribution in [3.05, 3.63) is 64.2 Å². The number of ether oxygens (including phenoxy) is 3. The number of benzene rings is 1. The Balaban J connectivity index is 1.93. The van der Waals surface area contributed by atoms with Gasteiger partial charge in [0.1, 0.15) is 11.5 Å². The number of nitrogens with one attached hydrogen (secondary N) is 1. The van der Waals surface area contributed by atoms with Crippen molar-refractivity contribution < 1.29 is 28.5 Å². The Bertz CT molecular complexity index is 1170. The second-order valence-corrected chi connectivity index (χ2v) is 7.63. The Hall–Kier alpha value is -3.95. The van der Waals surface area contributed by atoms with Crippen LogP contribution in [0.4, 0.5) is 0 Å². The number of carbonyl (C=O) groups excluding carboxylic acids is 1. The number of aromatic hydroxyl groups is 1. The molecule has 1 amide bonds. The first kappa shape index (κ1) is 24.7. The smallest absolute Gasteiger partial charge is 0.343 e. The summed E-state index contributed by atoms with van der Waals surface area (Å²) in [5, 5.41) is 13.5. The highest BCUT2D eigenvalue weighted by Crippen LogP contribution is 2.45. The molecule has 3 rings (SSSR count). The van der Waals surface area contributed by atoms with E-state index in [-0.39, 0.29) is 29.4 Å². The van der Waals surface area contributed by atoms with E-state index in [9.17, 15) is 14.7 Å². The first-order chi connectivity index (χ1) is 16.4. The van der Waals surface area contributed by atoms with Crippen LogP contribution in [0.25, 0.3) is 0 Å². The first-order valence-electron chi connectivity index (χ1n) is 10.7. The molecule has 0 aliphatic rings. The van der Waals surface area contributed by atoms with Gasteiger partial charge in [0, 0.05) is 49.5 Å². The zero-order valence-electron chi connectivity index (χ0n) is 19.7. The van der Waals surface area contributed by atoms with Crippen molar-refractivity contribution in [2.24, 2.45) is 0 Å². The third-order valence-electron chi connectivity index (χ3n) is 5.41. The van der Waals surface area contributed by atoms with Crippen LogP contribution in [0.5, 0.6) is 23.0 Å². The highest BCUT2D eigenvalue weighted by Gasteiger charge is 2.30. The standard InChI is InChI=1S/C24H29N3O7/c1-15-12-18(28)21(24(30)34-15)17(13-20(29)26-8-5-10-27-11-9-25-14-27)16-6-7-19(31-2)23(33-4)22(16)32-3/h6-7,9,11-12,14,17,28H,5,8,10,13H2,1-4H3,(H,26,29)/t17-/m0/s1. The number of hydrogen-bond donors (Lipinski definition) is 2. The van der Waals surface area contributed by atoms with E-state index in [0.29, 0.717) is 42.3 Å². The number of imidazole rings is 1. The molecule has 34 heavy (non-hydrogen) atoms. The minimum atomic E-state index is -0.861. The molecule has 0 unspecified atom stereocenters. The van der Waals surface area contributed by atoms with Gasteiger partial charge in [-0.3, -0.25) is 4.79 Å². The number of carbonyl (C=O) groups is 1. The summed E-state index contributed by atoms with van der Waals surface area (Å²) in [5.41, 5.74) is -0.294. The van der Waals surface area contributed by atoms with Gasteiger partial charge < -0.3 is 33.6 Å². The van der Waals surface area contributed by atoms with Gasteiger partial charge in [0.05, 0.1) is 33.2 Å². The molecule has 10 heteroatoms. The van der Waals surface area contributed by atoms with Crippen LogP contribution in [-0.4, -0.2) is 48.4 Å². The number of aromatic nitrogens is 2. The van der Waals surface area contributed by atoms with Crippen molar-refractivity contribution >= 4 is 5.91 Å². The van der Waals surface area contributed by atoms with Gasteiger partial charge >= 0.3 is 5.63 Å². The topological polar surface area (TPSA) is 125 Å². The van der Waals surface area contributed by atoms with Crippen LogP contribution in [0.2, 0.25) is 0 Å². The molecule has 2 N–H and O–H groups in total. The minimum Gasteiger partial charge on any atom is -0.507 e. The van der Waals surface area contributed by atoms with E-state index in [0.717, 1.165) is 0 Å². The molecule has 0 spiro atoms. The molecular weight excluding hydrogens is 442 g/mol. The lowest BCUT2D eigenvalue weighted by Crippen LogP contribution is -2.28. The molecule has 0 aliphatic heterocycles. The van der Waals surface area contributed by atoms with Gasteiger partial charge in [0.25, 0.3) is 0 Å². The third kappa shape index (κ3) is 5.51. The van der Waals surface area contributed by atoms with Crippen LogP contribution >= 0.6 is 0 Å². The highest BCUT2D eigenvalue weighted by atomic mass is 16.5. The minimum absolute atomic E-state index is 0.0373. The molecule has 0 radical (unpaired) electrons. The van der Waals surface area contributed by atoms with Crippen LogP contribution in [0.15, 0.2) is 46.1 Å². The second kappa shape index (κ2) is 11.3. The highest BCUT2D eigenvalue weighted by molar-refractivity contribution is 5.78. The van der Waals surface area contributed by atoms with Gasteiger partial charge in [-0.1, -0.05) is 6.07 Å². The Morgan fingerprint density at radius 2 is 1.97 bits per heavy atom. The Morgan fingerprint density at radius 3 is 2.59 bits per heavy atom. The van der Waals surface area contributed by atoms with E-state index in [1.807, 2.05) is 10.8 Å². The van der Waals surface area contributed by atoms with Gasteiger partial charge in [-0.2, -0.15) is 0 Å². The number of rotatable bonds is 11. The van der Waals surface area contributed by atoms with Crippen LogP contribution < -0.4 is 25.2 Å². The van der Waals surface area contributed by atoms with E-state index in [1.54, 1.807) is 31.6 Å². The van der Waals surface area contributed by atoms with E-state index in [4.69, 9.17) is 18.6 Å². The molecule has 0 saturated carbocycles. The zero-order valence-corrected chi connectivity index (χ0v) is 19.7. The maximum absolute atomic E-state index is 12.9. The number of amides is 1. The SMILES string of the molecule is COc1ccc([C@H](CC(=O)NCCCn2ccnc2)c2c(O)cc(C)oc2=O)c(OC)c1OC. The third-order valence-corrected chi connectivity index (χ3v) is 5.41. The van der Waals surface area contributed by atoms with Crippen molar-refractivity contribution in [3.63, 3.8) is 0 Å². The number of aryl methyl sites for hydroxylation is 2. The summed E-state index contributed by atoms with van der Waals surface area (Å²) in [6.07, 6.45) is 5.82. The molecule has 2 heterocycles. The molecule has 1 aromatic carbocycles. The van der Waals surface area contributed by atoms with Crippen molar-refractivity contribution in [2.75, 3.05) is 27.9 Å². The van der Waals surface area contributed by atoms with Crippen LogP contribution in [0, 0.1) is 6.92 Å². The fourth-order valence-electron chi connectivity index (χ4n) is 3.86. The largest absolute Gasteiger partial charge is 0.507 e. The lowest BCUT2D eigenvalue weighted by atomic mass is 9.87. The lowest BCUT2D eigenvalue weighted by molar-refractivity contribution is -0.121. The first-order valence-corrected chi connectivity index (χ1v) is 10.7. The van der Waals surface area contributed by atoms with Gasteiger partial charge in [-0.15, -0.1) is 0 Å². The van der Waals surface area contributed by atoms with Crippen LogP contribution in [-0.2, 0) is 11.3 Å². The molecule has 3 aromatic rings. The van der Waals surface area contributed by atoms with Gasteiger partial charge in [0.15, 0.2) is 11.5 Å². The summed E-state index contributed by atoms with van der Waals surface area (Å²) in [6.45, 7) is 2.70. The Morgan fingerprint density at radius 1 is 1.21 bits per heavy atom. The van der Waals surface area contributed by atoms with Crippen LogP contribution in [0.3, 0.4) is 0 Å².